The van der Waals surface area contributed by atoms with E-state index < -0.39 is 5.54 Å². The number of hydrogen-bond donors (Lipinski definition) is 2. The van der Waals surface area contributed by atoms with Gasteiger partial charge in [-0.15, -0.1) is 0 Å². The fraction of sp³-hybridized carbons (Fsp3) is 0.929. The highest BCUT2D eigenvalue weighted by atomic mass is 32.2. The van der Waals surface area contributed by atoms with Crippen LogP contribution in [0.5, 0.6) is 0 Å². The van der Waals surface area contributed by atoms with Crippen LogP contribution in [0.3, 0.4) is 0 Å². The van der Waals surface area contributed by atoms with E-state index >= 15 is 0 Å². The van der Waals surface area contributed by atoms with Gasteiger partial charge in [0.1, 0.15) is 5.54 Å². The van der Waals surface area contributed by atoms with Crippen LogP contribution in [0, 0.1) is 0 Å². The molecule has 5 heteroatoms. The third kappa shape index (κ3) is 4.97. The molecule has 0 aromatic rings. The maximum absolute atomic E-state index is 12.3. The average molecular weight is 289 g/mol. The largest absolute Gasteiger partial charge is 0.465 e. The zero-order valence-corrected chi connectivity index (χ0v) is 12.9. The molecular formula is C14H27NO3S. The second-order valence-corrected chi connectivity index (χ2v) is 6.41. The molecule has 1 rings (SSSR count). The minimum Gasteiger partial charge on any atom is -0.465 e. The average Bonchev–Trinajstić information content (AvgIpc) is 2.40. The Morgan fingerprint density at radius 2 is 2.32 bits per heavy atom. The van der Waals surface area contributed by atoms with E-state index in [2.05, 4.69) is 5.32 Å². The van der Waals surface area contributed by atoms with E-state index in [-0.39, 0.29) is 12.6 Å². The van der Waals surface area contributed by atoms with Crippen molar-refractivity contribution < 1.29 is 14.6 Å². The monoisotopic (exact) mass is 289 g/mol. The summed E-state index contributed by atoms with van der Waals surface area (Å²) in [6.07, 6.45) is 4.76. The molecule has 1 fully saturated rings. The van der Waals surface area contributed by atoms with Crippen molar-refractivity contribution in [3.8, 4) is 0 Å². The molecule has 2 atom stereocenters. The van der Waals surface area contributed by atoms with Crippen molar-refractivity contribution in [2.75, 3.05) is 25.5 Å². The summed E-state index contributed by atoms with van der Waals surface area (Å²) in [6, 6.07) is 0. The normalized spacial score (nSPS) is 27.2. The Morgan fingerprint density at radius 3 is 2.95 bits per heavy atom. The number of esters is 1. The third-order valence-corrected chi connectivity index (χ3v) is 4.94. The van der Waals surface area contributed by atoms with Gasteiger partial charge in [0, 0.05) is 11.9 Å². The summed E-state index contributed by atoms with van der Waals surface area (Å²) in [5, 5.41) is 12.7. The van der Waals surface area contributed by atoms with Crippen molar-refractivity contribution in [1.82, 2.24) is 5.32 Å². The van der Waals surface area contributed by atoms with Crippen LogP contribution in [-0.4, -0.2) is 47.4 Å². The molecule has 0 aliphatic heterocycles. The van der Waals surface area contributed by atoms with Crippen molar-refractivity contribution in [2.24, 2.45) is 0 Å². The second kappa shape index (κ2) is 8.82. The summed E-state index contributed by atoms with van der Waals surface area (Å²) in [5.41, 5.74) is -0.486. The van der Waals surface area contributed by atoms with Gasteiger partial charge in [0.05, 0.1) is 6.61 Å². The summed E-state index contributed by atoms with van der Waals surface area (Å²) < 4.78 is 5.26. The molecule has 19 heavy (non-hydrogen) atoms. The highest BCUT2D eigenvalue weighted by Gasteiger charge is 2.43. The van der Waals surface area contributed by atoms with Crippen LogP contribution in [0.1, 0.15) is 46.0 Å². The molecule has 1 aliphatic carbocycles. The second-order valence-electron chi connectivity index (χ2n) is 5.00. The van der Waals surface area contributed by atoms with Crippen LogP contribution in [0.2, 0.25) is 0 Å². The van der Waals surface area contributed by atoms with Crippen LogP contribution >= 0.6 is 11.8 Å². The summed E-state index contributed by atoms with van der Waals surface area (Å²) in [5.74, 6) is 0.871. The lowest BCUT2D eigenvalue weighted by atomic mass is 9.81. The first-order valence-corrected chi connectivity index (χ1v) is 8.38. The Labute approximate surface area is 120 Å². The fourth-order valence-electron chi connectivity index (χ4n) is 2.71. The van der Waals surface area contributed by atoms with Crippen molar-refractivity contribution in [3.63, 3.8) is 0 Å². The van der Waals surface area contributed by atoms with Gasteiger partial charge < -0.3 is 15.2 Å². The minimum atomic E-state index is -0.486. The van der Waals surface area contributed by atoms with E-state index in [1.165, 1.54) is 0 Å². The van der Waals surface area contributed by atoms with E-state index in [0.717, 1.165) is 44.4 Å². The third-order valence-electron chi connectivity index (χ3n) is 3.54. The van der Waals surface area contributed by atoms with Crippen molar-refractivity contribution in [3.05, 3.63) is 0 Å². The number of thioether (sulfide) groups is 1. The molecule has 2 unspecified atom stereocenters. The first-order chi connectivity index (χ1) is 9.18. The van der Waals surface area contributed by atoms with Crippen LogP contribution < -0.4 is 5.32 Å². The number of rotatable bonds is 8. The first-order valence-electron chi connectivity index (χ1n) is 7.33. The summed E-state index contributed by atoms with van der Waals surface area (Å²) in [4.78, 5) is 12.3. The number of likely N-dealkylation sites (N-methyl/N-ethyl adjacent to an activating group) is 1. The van der Waals surface area contributed by atoms with Crippen LogP contribution in [0.15, 0.2) is 0 Å². The van der Waals surface area contributed by atoms with Gasteiger partial charge in [0.15, 0.2) is 0 Å². The van der Waals surface area contributed by atoms with Crippen molar-refractivity contribution in [1.29, 1.82) is 0 Å². The number of carbonyl (C=O) groups is 1. The van der Waals surface area contributed by atoms with Gasteiger partial charge in [0.25, 0.3) is 0 Å². The maximum Gasteiger partial charge on any atom is 0.326 e. The number of nitrogens with one attached hydrogen (secondary N) is 1. The van der Waals surface area contributed by atoms with Crippen LogP contribution in [-0.2, 0) is 9.53 Å². The molecule has 0 amide bonds. The number of aliphatic hydroxyl groups is 1. The molecular weight excluding hydrogens is 262 g/mol. The smallest absolute Gasteiger partial charge is 0.326 e. The lowest BCUT2D eigenvalue weighted by molar-refractivity contribution is -0.152. The summed E-state index contributed by atoms with van der Waals surface area (Å²) in [7, 11) is 0. The number of aliphatic hydroxyl groups excluding tert-OH is 1. The molecule has 2 N–H and O–H groups in total. The lowest BCUT2D eigenvalue weighted by Gasteiger charge is -2.39. The van der Waals surface area contributed by atoms with Gasteiger partial charge in [0.2, 0.25) is 0 Å². The van der Waals surface area contributed by atoms with E-state index in [0.29, 0.717) is 11.9 Å². The fourth-order valence-corrected chi connectivity index (χ4v) is 4.07. The van der Waals surface area contributed by atoms with Gasteiger partial charge in [-0.2, -0.15) is 11.8 Å². The molecule has 4 nitrogen and oxygen atoms in total. The molecule has 1 saturated carbocycles. The standard InChI is InChI=1S/C14H27NO3S/c1-3-15-14(13(17)18-4-2)8-5-7-12(11-14)19-10-6-9-16/h12,15-16H,3-11H2,1-2H3. The molecule has 112 valence electrons. The molecule has 0 saturated heterocycles. The SMILES string of the molecule is CCNC1(C(=O)OCC)CCCC(SCCCO)C1. The highest BCUT2D eigenvalue weighted by Crippen LogP contribution is 2.36. The van der Waals surface area contributed by atoms with Gasteiger partial charge in [-0.1, -0.05) is 6.92 Å². The van der Waals surface area contributed by atoms with Gasteiger partial charge >= 0.3 is 5.97 Å². The van der Waals surface area contributed by atoms with Crippen LogP contribution in [0.25, 0.3) is 0 Å². The maximum atomic E-state index is 12.3. The van der Waals surface area contributed by atoms with Gasteiger partial charge in [-0.05, 0) is 51.3 Å². The molecule has 0 heterocycles. The summed E-state index contributed by atoms with van der Waals surface area (Å²) >= 11 is 1.88. The predicted octanol–water partition coefficient (Wildman–Crippen LogP) is 1.96. The number of ether oxygens (including phenoxy) is 1. The first kappa shape index (κ1) is 16.8. The number of hydrogen-bond acceptors (Lipinski definition) is 5. The highest BCUT2D eigenvalue weighted by molar-refractivity contribution is 7.99. The lowest BCUT2D eigenvalue weighted by Crippen LogP contribution is -2.56. The Hall–Kier alpha value is -0.260. The Bertz CT molecular complexity index is 271. The van der Waals surface area contributed by atoms with E-state index in [1.807, 2.05) is 25.6 Å². The molecule has 1 aliphatic rings. The minimum absolute atomic E-state index is 0.0932. The van der Waals surface area contributed by atoms with E-state index in [9.17, 15) is 4.79 Å². The van der Waals surface area contributed by atoms with Crippen LogP contribution in [0.4, 0.5) is 0 Å². The quantitative estimate of drug-likeness (QED) is 0.528. The number of carbonyl (C=O) groups excluding carboxylic acids is 1. The van der Waals surface area contributed by atoms with E-state index in [4.69, 9.17) is 9.84 Å². The molecule has 0 bridgehead atoms. The molecule has 0 aromatic carbocycles. The zero-order chi connectivity index (χ0) is 14.1. The topological polar surface area (TPSA) is 58.6 Å². The van der Waals surface area contributed by atoms with Crippen molar-refractivity contribution in [2.45, 2.75) is 56.7 Å². The van der Waals surface area contributed by atoms with E-state index in [1.54, 1.807) is 0 Å². The molecule has 0 spiro atoms. The van der Waals surface area contributed by atoms with Crippen molar-refractivity contribution >= 4 is 17.7 Å². The Morgan fingerprint density at radius 1 is 1.53 bits per heavy atom. The Balaban J connectivity index is 2.61. The van der Waals surface area contributed by atoms with Gasteiger partial charge in [-0.3, -0.25) is 4.79 Å². The predicted molar refractivity (Wildman–Crippen MR) is 79.5 cm³/mol. The molecule has 0 radical (unpaired) electrons. The summed E-state index contributed by atoms with van der Waals surface area (Å²) in [6.45, 7) is 5.36. The zero-order valence-electron chi connectivity index (χ0n) is 12.1. The Kier molecular flexibility index (Phi) is 7.80. The van der Waals surface area contributed by atoms with Gasteiger partial charge in [-0.25, -0.2) is 0 Å². The molecule has 0 aromatic heterocycles.